The molecule has 0 saturated carbocycles. The molecule has 1 aromatic heterocycles. The lowest BCUT2D eigenvalue weighted by molar-refractivity contribution is 0.392. The fourth-order valence-electron chi connectivity index (χ4n) is 2.93. The van der Waals surface area contributed by atoms with Gasteiger partial charge >= 0.3 is 0 Å². The highest BCUT2D eigenvalue weighted by Crippen LogP contribution is 2.42. The molecule has 5 heteroatoms. The molecule has 110 valence electrons. The van der Waals surface area contributed by atoms with Gasteiger partial charge in [0.15, 0.2) is 17.7 Å². The van der Waals surface area contributed by atoms with Crippen molar-refractivity contribution >= 4 is 5.69 Å². The van der Waals surface area contributed by atoms with Gasteiger partial charge in [0.1, 0.15) is 0 Å². The minimum Gasteiger partial charge on any atom is -0.504 e. The van der Waals surface area contributed by atoms with Crippen molar-refractivity contribution < 1.29 is 10.2 Å². The van der Waals surface area contributed by atoms with Crippen LogP contribution in [-0.2, 0) is 0 Å². The Morgan fingerprint density at radius 2 is 1.91 bits per heavy atom. The molecule has 22 heavy (non-hydrogen) atoms. The van der Waals surface area contributed by atoms with Gasteiger partial charge in [-0.1, -0.05) is 30.3 Å². The Balaban J connectivity index is 1.94. The number of aromatic nitrogens is 2. The summed E-state index contributed by atoms with van der Waals surface area (Å²) < 4.78 is 1.84. The standard InChI is InChI=1S/C17H15N3O2/c1-10-9-14-11-5-2-3-7-13(11)18-17(20(14)19-10)12-6-4-8-15(21)16(12)22/h2-9,17-18,21-22H,1H3/t17-/m0/s1. The summed E-state index contributed by atoms with van der Waals surface area (Å²) in [6.07, 6.45) is -0.370. The first-order chi connectivity index (χ1) is 10.6. The molecule has 1 aliphatic heterocycles. The molecule has 1 atom stereocenters. The number of nitrogens with one attached hydrogen (secondary N) is 1. The topological polar surface area (TPSA) is 70.3 Å². The summed E-state index contributed by atoms with van der Waals surface area (Å²) in [5, 5.41) is 27.9. The third kappa shape index (κ3) is 1.75. The fourth-order valence-corrected chi connectivity index (χ4v) is 2.93. The van der Waals surface area contributed by atoms with Crippen LogP contribution in [0.15, 0.2) is 48.5 Å². The molecule has 3 aromatic rings. The number of para-hydroxylation sites is 2. The monoisotopic (exact) mass is 293 g/mol. The Morgan fingerprint density at radius 3 is 2.77 bits per heavy atom. The van der Waals surface area contributed by atoms with E-state index in [1.807, 2.05) is 41.9 Å². The van der Waals surface area contributed by atoms with E-state index in [1.165, 1.54) is 6.07 Å². The largest absolute Gasteiger partial charge is 0.504 e. The summed E-state index contributed by atoms with van der Waals surface area (Å²) in [6.45, 7) is 1.94. The molecule has 0 fully saturated rings. The second kappa shape index (κ2) is 4.53. The number of hydrogen-bond acceptors (Lipinski definition) is 4. The van der Waals surface area contributed by atoms with Crippen LogP contribution in [0.25, 0.3) is 11.3 Å². The third-order valence-corrected chi connectivity index (χ3v) is 3.94. The van der Waals surface area contributed by atoms with Crippen molar-refractivity contribution in [1.82, 2.24) is 9.78 Å². The first-order valence-electron chi connectivity index (χ1n) is 7.08. The maximum Gasteiger partial charge on any atom is 0.164 e. The van der Waals surface area contributed by atoms with Gasteiger partial charge in [-0.15, -0.1) is 0 Å². The lowest BCUT2D eigenvalue weighted by atomic mass is 10.0. The summed E-state index contributed by atoms with van der Waals surface area (Å²) in [5.74, 6) is -0.262. The Labute approximate surface area is 127 Å². The van der Waals surface area contributed by atoms with Crippen LogP contribution < -0.4 is 5.32 Å². The molecule has 0 saturated heterocycles. The van der Waals surface area contributed by atoms with Gasteiger partial charge in [0.2, 0.25) is 0 Å². The lowest BCUT2D eigenvalue weighted by Crippen LogP contribution is -2.25. The summed E-state index contributed by atoms with van der Waals surface area (Å²) in [4.78, 5) is 0. The fraction of sp³-hybridized carbons (Fsp3) is 0.118. The Kier molecular flexibility index (Phi) is 2.63. The van der Waals surface area contributed by atoms with Crippen LogP contribution in [0.4, 0.5) is 5.69 Å². The van der Waals surface area contributed by atoms with Crippen molar-refractivity contribution in [1.29, 1.82) is 0 Å². The van der Waals surface area contributed by atoms with Crippen molar-refractivity contribution in [2.75, 3.05) is 5.32 Å². The maximum absolute atomic E-state index is 10.2. The zero-order chi connectivity index (χ0) is 15.3. The van der Waals surface area contributed by atoms with Gasteiger partial charge in [-0.25, -0.2) is 4.68 Å². The summed E-state index contributed by atoms with van der Waals surface area (Å²) in [6, 6.07) is 15.0. The highest BCUT2D eigenvalue weighted by Gasteiger charge is 2.28. The van der Waals surface area contributed by atoms with E-state index in [0.717, 1.165) is 22.6 Å². The van der Waals surface area contributed by atoms with E-state index in [-0.39, 0.29) is 17.7 Å². The van der Waals surface area contributed by atoms with Crippen LogP contribution in [-0.4, -0.2) is 20.0 Å². The van der Waals surface area contributed by atoms with Gasteiger partial charge in [-0.3, -0.25) is 0 Å². The number of anilines is 1. The second-order valence-corrected chi connectivity index (χ2v) is 5.42. The number of fused-ring (bicyclic) bond motifs is 3. The second-order valence-electron chi connectivity index (χ2n) is 5.42. The van der Waals surface area contributed by atoms with Crippen molar-refractivity contribution in [2.24, 2.45) is 0 Å². The van der Waals surface area contributed by atoms with Crippen LogP contribution in [0.1, 0.15) is 17.4 Å². The van der Waals surface area contributed by atoms with Crippen molar-refractivity contribution in [3.05, 3.63) is 59.8 Å². The normalized spacial score (nSPS) is 15.8. The SMILES string of the molecule is Cc1cc2n(n1)[C@@H](c1cccc(O)c1O)Nc1ccccc1-2. The van der Waals surface area contributed by atoms with Gasteiger partial charge in [-0.05, 0) is 25.1 Å². The van der Waals surface area contributed by atoms with Crippen LogP contribution >= 0.6 is 0 Å². The quantitative estimate of drug-likeness (QED) is 0.602. The van der Waals surface area contributed by atoms with Crippen LogP contribution in [0.3, 0.4) is 0 Å². The smallest absolute Gasteiger partial charge is 0.164 e. The van der Waals surface area contributed by atoms with E-state index in [2.05, 4.69) is 10.4 Å². The summed E-state index contributed by atoms with van der Waals surface area (Å²) >= 11 is 0. The first kappa shape index (κ1) is 12.8. The molecule has 1 aliphatic rings. The molecule has 0 spiro atoms. The van der Waals surface area contributed by atoms with Gasteiger partial charge < -0.3 is 15.5 Å². The van der Waals surface area contributed by atoms with Crippen molar-refractivity contribution in [3.8, 4) is 22.8 Å². The van der Waals surface area contributed by atoms with E-state index in [4.69, 9.17) is 0 Å². The molecule has 0 aliphatic carbocycles. The molecule has 2 heterocycles. The van der Waals surface area contributed by atoms with Gasteiger partial charge in [0, 0.05) is 16.8 Å². The van der Waals surface area contributed by atoms with Gasteiger partial charge in [0.25, 0.3) is 0 Å². The highest BCUT2D eigenvalue weighted by atomic mass is 16.3. The zero-order valence-electron chi connectivity index (χ0n) is 12.0. The van der Waals surface area contributed by atoms with Crippen molar-refractivity contribution in [3.63, 3.8) is 0 Å². The van der Waals surface area contributed by atoms with Gasteiger partial charge in [-0.2, -0.15) is 5.10 Å². The minimum absolute atomic E-state index is 0.126. The first-order valence-corrected chi connectivity index (χ1v) is 7.08. The molecule has 2 aromatic carbocycles. The summed E-state index contributed by atoms with van der Waals surface area (Å²) in [7, 11) is 0. The van der Waals surface area contributed by atoms with Crippen molar-refractivity contribution in [2.45, 2.75) is 13.1 Å². The number of benzene rings is 2. The number of phenols is 2. The molecular weight excluding hydrogens is 278 g/mol. The molecule has 0 unspecified atom stereocenters. The van der Waals surface area contributed by atoms with E-state index >= 15 is 0 Å². The Bertz CT molecular complexity index is 870. The van der Waals surface area contributed by atoms with E-state index < -0.39 is 0 Å². The third-order valence-electron chi connectivity index (χ3n) is 3.94. The van der Waals surface area contributed by atoms with E-state index in [9.17, 15) is 10.2 Å². The van der Waals surface area contributed by atoms with Crippen LogP contribution in [0.5, 0.6) is 11.5 Å². The lowest BCUT2D eigenvalue weighted by Gasteiger charge is -2.29. The summed E-state index contributed by atoms with van der Waals surface area (Å²) in [5.41, 5.74) is 4.51. The number of nitrogens with zero attached hydrogens (tertiary/aromatic N) is 2. The Morgan fingerprint density at radius 1 is 1.09 bits per heavy atom. The number of aromatic hydroxyl groups is 2. The predicted octanol–water partition coefficient (Wildman–Crippen LogP) is 3.24. The Hall–Kier alpha value is -2.95. The molecule has 0 amide bonds. The zero-order valence-corrected chi connectivity index (χ0v) is 12.0. The predicted molar refractivity (Wildman–Crippen MR) is 83.9 cm³/mol. The average molecular weight is 293 g/mol. The number of aryl methyl sites for hydroxylation is 1. The number of rotatable bonds is 1. The van der Waals surface area contributed by atoms with E-state index in [0.29, 0.717) is 5.56 Å². The van der Waals surface area contributed by atoms with Gasteiger partial charge in [0.05, 0.1) is 11.4 Å². The van der Waals surface area contributed by atoms with Crippen LogP contribution in [0, 0.1) is 6.92 Å². The molecule has 0 bridgehead atoms. The maximum atomic E-state index is 10.2. The van der Waals surface area contributed by atoms with E-state index in [1.54, 1.807) is 12.1 Å². The van der Waals surface area contributed by atoms with Crippen LogP contribution in [0.2, 0.25) is 0 Å². The number of phenolic OH excluding ortho intramolecular Hbond substituents is 2. The molecular formula is C17H15N3O2. The molecule has 4 rings (SSSR count). The average Bonchev–Trinajstić information content (AvgIpc) is 2.91. The molecule has 0 radical (unpaired) electrons. The number of hydrogen-bond donors (Lipinski definition) is 3. The minimum atomic E-state index is -0.370. The molecule has 5 nitrogen and oxygen atoms in total. The molecule has 3 N–H and O–H groups in total. The highest BCUT2D eigenvalue weighted by molar-refractivity contribution is 5.79.